The van der Waals surface area contributed by atoms with Crippen molar-refractivity contribution in [2.45, 2.75) is 6.92 Å². The number of nitrogens with zero attached hydrogens (tertiary/aromatic N) is 4. The molecule has 1 aromatic heterocycles. The molecule has 3 aromatic rings. The van der Waals surface area contributed by atoms with E-state index in [-0.39, 0.29) is 5.91 Å². The van der Waals surface area contributed by atoms with Gasteiger partial charge in [0.05, 0.1) is 23.3 Å². The summed E-state index contributed by atoms with van der Waals surface area (Å²) in [5.74, 6) is 0.938. The second kappa shape index (κ2) is 7.61. The number of benzene rings is 2. The molecule has 1 aliphatic heterocycles. The predicted octanol–water partition coefficient (Wildman–Crippen LogP) is 2.99. The molecule has 6 heteroatoms. The monoisotopic (exact) mass is 362 g/mol. The van der Waals surface area contributed by atoms with E-state index in [1.54, 1.807) is 12.4 Å². The van der Waals surface area contributed by atoms with Crippen LogP contribution in [0, 0.1) is 0 Å². The van der Waals surface area contributed by atoms with Crippen LogP contribution in [-0.4, -0.2) is 53.6 Å². The molecule has 1 amide bonds. The van der Waals surface area contributed by atoms with Gasteiger partial charge in [0.15, 0.2) is 0 Å². The Morgan fingerprint density at radius 1 is 1.00 bits per heavy atom. The van der Waals surface area contributed by atoms with Gasteiger partial charge in [-0.2, -0.15) is 0 Å². The van der Waals surface area contributed by atoms with Gasteiger partial charge in [-0.1, -0.05) is 12.1 Å². The summed E-state index contributed by atoms with van der Waals surface area (Å²) in [5.41, 5.74) is 3.29. The van der Waals surface area contributed by atoms with E-state index in [1.807, 2.05) is 48.2 Å². The zero-order valence-corrected chi connectivity index (χ0v) is 15.3. The van der Waals surface area contributed by atoms with Crippen LogP contribution in [0.3, 0.4) is 0 Å². The number of amides is 1. The highest BCUT2D eigenvalue weighted by atomic mass is 16.5. The van der Waals surface area contributed by atoms with E-state index in [2.05, 4.69) is 20.9 Å². The fourth-order valence-electron chi connectivity index (χ4n) is 3.43. The van der Waals surface area contributed by atoms with E-state index in [4.69, 9.17) is 4.74 Å². The lowest BCUT2D eigenvalue weighted by Gasteiger charge is -2.36. The minimum Gasteiger partial charge on any atom is -0.492 e. The molecule has 2 heterocycles. The quantitative estimate of drug-likeness (QED) is 0.714. The predicted molar refractivity (Wildman–Crippen MR) is 105 cm³/mol. The van der Waals surface area contributed by atoms with E-state index in [9.17, 15) is 4.79 Å². The number of aromatic nitrogens is 2. The van der Waals surface area contributed by atoms with Gasteiger partial charge in [-0.25, -0.2) is 0 Å². The van der Waals surface area contributed by atoms with Crippen molar-refractivity contribution in [2.24, 2.45) is 0 Å². The molecule has 0 saturated carbocycles. The number of ether oxygens (including phenoxy) is 1. The van der Waals surface area contributed by atoms with Gasteiger partial charge in [0.25, 0.3) is 5.91 Å². The molecule has 0 unspecified atom stereocenters. The molecule has 1 aliphatic rings. The molecule has 1 saturated heterocycles. The van der Waals surface area contributed by atoms with Crippen molar-refractivity contribution in [2.75, 3.05) is 37.7 Å². The molecule has 2 aromatic carbocycles. The molecule has 0 aliphatic carbocycles. The lowest BCUT2D eigenvalue weighted by molar-refractivity contribution is 0.0747. The molecule has 0 spiro atoms. The van der Waals surface area contributed by atoms with Crippen LogP contribution in [0.2, 0.25) is 0 Å². The maximum absolute atomic E-state index is 12.9. The third kappa shape index (κ3) is 3.56. The molecule has 0 bridgehead atoms. The van der Waals surface area contributed by atoms with E-state index in [0.717, 1.165) is 35.6 Å². The minimum absolute atomic E-state index is 0.0419. The maximum Gasteiger partial charge on any atom is 0.254 e. The fraction of sp³-hybridized carbons (Fsp3) is 0.286. The van der Waals surface area contributed by atoms with E-state index in [1.165, 1.54) is 0 Å². The largest absolute Gasteiger partial charge is 0.492 e. The molecular formula is C21H22N4O2. The number of para-hydroxylation sites is 2. The second-order valence-electron chi connectivity index (χ2n) is 6.44. The van der Waals surface area contributed by atoms with Crippen molar-refractivity contribution in [1.82, 2.24) is 14.9 Å². The van der Waals surface area contributed by atoms with Crippen molar-refractivity contribution in [1.29, 1.82) is 0 Å². The summed E-state index contributed by atoms with van der Waals surface area (Å²) in [6.07, 6.45) is 3.30. The molecule has 0 atom stereocenters. The summed E-state index contributed by atoms with van der Waals surface area (Å²) in [5, 5.41) is 0. The van der Waals surface area contributed by atoms with Gasteiger partial charge < -0.3 is 14.5 Å². The number of fused-ring (bicyclic) bond motifs is 1. The molecule has 27 heavy (non-hydrogen) atoms. The Morgan fingerprint density at radius 3 is 2.52 bits per heavy atom. The third-order valence-electron chi connectivity index (χ3n) is 4.79. The summed E-state index contributed by atoms with van der Waals surface area (Å²) in [7, 11) is 0. The first-order valence-electron chi connectivity index (χ1n) is 9.23. The highest BCUT2D eigenvalue weighted by Gasteiger charge is 2.24. The topological polar surface area (TPSA) is 58.6 Å². The summed E-state index contributed by atoms with van der Waals surface area (Å²) in [6.45, 7) is 5.55. The maximum atomic E-state index is 12.9. The third-order valence-corrected chi connectivity index (χ3v) is 4.79. The lowest BCUT2D eigenvalue weighted by Crippen LogP contribution is -2.48. The first-order valence-corrected chi connectivity index (χ1v) is 9.23. The van der Waals surface area contributed by atoms with Gasteiger partial charge in [0.1, 0.15) is 5.75 Å². The van der Waals surface area contributed by atoms with Crippen LogP contribution in [-0.2, 0) is 0 Å². The highest BCUT2D eigenvalue weighted by molar-refractivity contribution is 5.97. The van der Waals surface area contributed by atoms with Crippen LogP contribution in [0.5, 0.6) is 5.75 Å². The van der Waals surface area contributed by atoms with Crippen LogP contribution in [0.4, 0.5) is 5.69 Å². The smallest absolute Gasteiger partial charge is 0.254 e. The van der Waals surface area contributed by atoms with Crippen LogP contribution in [0.1, 0.15) is 17.3 Å². The van der Waals surface area contributed by atoms with Gasteiger partial charge in [-0.05, 0) is 37.3 Å². The van der Waals surface area contributed by atoms with E-state index >= 15 is 0 Å². The average Bonchev–Trinajstić information content (AvgIpc) is 2.74. The van der Waals surface area contributed by atoms with Gasteiger partial charge in [0.2, 0.25) is 0 Å². The first-order chi connectivity index (χ1) is 13.3. The normalized spacial score (nSPS) is 14.4. The standard InChI is InChI=1S/C21H22N4O2/c1-2-27-20-6-4-3-5-19(20)24-11-13-25(14-12-24)21(26)16-7-8-17-18(15-16)23-10-9-22-17/h3-10,15H,2,11-14H2,1H3. The number of hydrogen-bond donors (Lipinski definition) is 0. The molecule has 4 rings (SSSR count). The zero-order chi connectivity index (χ0) is 18.6. The van der Waals surface area contributed by atoms with Gasteiger partial charge in [-0.3, -0.25) is 14.8 Å². The average molecular weight is 362 g/mol. The van der Waals surface area contributed by atoms with Gasteiger partial charge in [0, 0.05) is 44.1 Å². The summed E-state index contributed by atoms with van der Waals surface area (Å²) < 4.78 is 5.74. The van der Waals surface area contributed by atoms with Crippen LogP contribution >= 0.6 is 0 Å². The lowest BCUT2D eigenvalue weighted by atomic mass is 10.1. The number of rotatable bonds is 4. The van der Waals surface area contributed by atoms with Crippen molar-refractivity contribution >= 4 is 22.6 Å². The van der Waals surface area contributed by atoms with Crippen molar-refractivity contribution in [3.63, 3.8) is 0 Å². The van der Waals surface area contributed by atoms with Gasteiger partial charge in [-0.15, -0.1) is 0 Å². The zero-order valence-electron chi connectivity index (χ0n) is 15.3. The Balaban J connectivity index is 1.46. The van der Waals surface area contributed by atoms with Crippen LogP contribution in [0.15, 0.2) is 54.9 Å². The Hall–Kier alpha value is -3.15. The van der Waals surface area contributed by atoms with E-state index < -0.39 is 0 Å². The van der Waals surface area contributed by atoms with Crippen LogP contribution in [0.25, 0.3) is 11.0 Å². The number of hydrogen-bond acceptors (Lipinski definition) is 5. The molecule has 1 fully saturated rings. The van der Waals surface area contributed by atoms with E-state index in [0.29, 0.717) is 25.3 Å². The van der Waals surface area contributed by atoms with Crippen molar-refractivity contribution < 1.29 is 9.53 Å². The fourth-order valence-corrected chi connectivity index (χ4v) is 3.43. The molecule has 0 radical (unpaired) electrons. The van der Waals surface area contributed by atoms with Crippen molar-refractivity contribution in [3.8, 4) is 5.75 Å². The SMILES string of the molecule is CCOc1ccccc1N1CCN(C(=O)c2ccc3nccnc3c2)CC1. The highest BCUT2D eigenvalue weighted by Crippen LogP contribution is 2.29. The van der Waals surface area contributed by atoms with Gasteiger partial charge >= 0.3 is 0 Å². The Morgan fingerprint density at radius 2 is 1.74 bits per heavy atom. The summed E-state index contributed by atoms with van der Waals surface area (Å²) in [4.78, 5) is 25.6. The number of piperazine rings is 1. The Bertz CT molecular complexity index is 952. The molecule has 138 valence electrons. The minimum atomic E-state index is 0.0419. The number of carbonyl (C=O) groups excluding carboxylic acids is 1. The Labute approximate surface area is 158 Å². The Kier molecular flexibility index (Phi) is 4.87. The number of anilines is 1. The van der Waals surface area contributed by atoms with Crippen LogP contribution < -0.4 is 9.64 Å². The first kappa shape index (κ1) is 17.3. The molecule has 6 nitrogen and oxygen atoms in total. The number of carbonyl (C=O) groups is 1. The van der Waals surface area contributed by atoms with Crippen molar-refractivity contribution in [3.05, 3.63) is 60.4 Å². The summed E-state index contributed by atoms with van der Waals surface area (Å²) >= 11 is 0. The summed E-state index contributed by atoms with van der Waals surface area (Å²) in [6, 6.07) is 13.6. The second-order valence-corrected chi connectivity index (χ2v) is 6.44. The molecule has 0 N–H and O–H groups in total. The molecular weight excluding hydrogens is 340 g/mol.